The van der Waals surface area contributed by atoms with Gasteiger partial charge in [0.2, 0.25) is 0 Å². The minimum absolute atomic E-state index is 0.383. The summed E-state index contributed by atoms with van der Waals surface area (Å²) in [7, 11) is 1.52. The molecule has 0 aliphatic carbocycles. The van der Waals surface area contributed by atoms with Crippen LogP contribution in [0.25, 0.3) is 5.69 Å². The van der Waals surface area contributed by atoms with Crippen LogP contribution in [-0.4, -0.2) is 30.2 Å². The summed E-state index contributed by atoms with van der Waals surface area (Å²) in [5.41, 5.74) is 3.60. The number of amides is 1. The summed E-state index contributed by atoms with van der Waals surface area (Å²) < 4.78 is 12.4. The molecule has 6 nitrogen and oxygen atoms in total. The SMILES string of the molecule is COc1ccccc1NC(=O)COC(=O)c1cc(C)n(-c2ccccc2)c1C. The van der Waals surface area contributed by atoms with Crippen molar-refractivity contribution in [2.45, 2.75) is 13.8 Å². The van der Waals surface area contributed by atoms with Crippen molar-refractivity contribution in [2.75, 3.05) is 19.0 Å². The van der Waals surface area contributed by atoms with Crippen molar-refractivity contribution >= 4 is 17.6 Å². The fourth-order valence-corrected chi connectivity index (χ4v) is 3.09. The van der Waals surface area contributed by atoms with E-state index in [2.05, 4.69) is 5.32 Å². The second-order valence-electron chi connectivity index (χ2n) is 6.28. The summed E-state index contributed by atoms with van der Waals surface area (Å²) in [5, 5.41) is 2.68. The summed E-state index contributed by atoms with van der Waals surface area (Å²) in [6, 6.07) is 18.6. The number of anilines is 1. The van der Waals surface area contributed by atoms with Crippen LogP contribution in [0, 0.1) is 13.8 Å². The maximum atomic E-state index is 12.5. The fourth-order valence-electron chi connectivity index (χ4n) is 3.09. The summed E-state index contributed by atoms with van der Waals surface area (Å²) in [6.45, 7) is 3.39. The van der Waals surface area contributed by atoms with E-state index >= 15 is 0 Å². The van der Waals surface area contributed by atoms with E-state index in [0.29, 0.717) is 17.0 Å². The van der Waals surface area contributed by atoms with E-state index in [0.717, 1.165) is 17.1 Å². The van der Waals surface area contributed by atoms with Crippen molar-refractivity contribution < 1.29 is 19.1 Å². The van der Waals surface area contributed by atoms with Gasteiger partial charge in [-0.15, -0.1) is 0 Å². The van der Waals surface area contributed by atoms with Gasteiger partial charge in [0.25, 0.3) is 5.91 Å². The number of rotatable bonds is 6. The van der Waals surface area contributed by atoms with Crippen molar-refractivity contribution in [1.29, 1.82) is 0 Å². The van der Waals surface area contributed by atoms with Gasteiger partial charge in [-0.25, -0.2) is 4.79 Å². The van der Waals surface area contributed by atoms with Gasteiger partial charge in [-0.1, -0.05) is 30.3 Å². The molecule has 0 radical (unpaired) electrons. The molecule has 0 saturated carbocycles. The van der Waals surface area contributed by atoms with Crippen molar-refractivity contribution in [2.24, 2.45) is 0 Å². The Labute approximate surface area is 163 Å². The number of benzene rings is 2. The van der Waals surface area contributed by atoms with Gasteiger partial charge in [-0.2, -0.15) is 0 Å². The highest BCUT2D eigenvalue weighted by Crippen LogP contribution is 2.23. The standard InChI is InChI=1S/C22H22N2O4/c1-15-13-18(16(2)24(15)17-9-5-4-6-10-17)22(26)28-14-21(25)23-19-11-7-8-12-20(19)27-3/h4-13H,14H2,1-3H3,(H,23,25). The van der Waals surface area contributed by atoms with E-state index in [1.165, 1.54) is 7.11 Å². The Morgan fingerprint density at radius 3 is 2.39 bits per heavy atom. The van der Waals surface area contributed by atoms with Crippen LogP contribution >= 0.6 is 0 Å². The van der Waals surface area contributed by atoms with Crippen molar-refractivity contribution in [1.82, 2.24) is 4.57 Å². The average Bonchev–Trinajstić information content (AvgIpc) is 3.01. The lowest BCUT2D eigenvalue weighted by Crippen LogP contribution is -2.21. The molecule has 1 N–H and O–H groups in total. The molecule has 0 fully saturated rings. The number of aromatic nitrogens is 1. The number of carbonyl (C=O) groups is 2. The van der Waals surface area contributed by atoms with Crippen LogP contribution in [0.15, 0.2) is 60.7 Å². The summed E-state index contributed by atoms with van der Waals surface area (Å²) >= 11 is 0. The van der Waals surface area contributed by atoms with Gasteiger partial charge in [0.1, 0.15) is 5.75 Å². The first-order chi connectivity index (χ1) is 13.5. The molecule has 0 aliphatic heterocycles. The van der Waals surface area contributed by atoms with E-state index in [1.807, 2.05) is 48.7 Å². The van der Waals surface area contributed by atoms with Crippen molar-refractivity contribution in [3.05, 3.63) is 77.6 Å². The monoisotopic (exact) mass is 378 g/mol. The minimum Gasteiger partial charge on any atom is -0.495 e. The molecular formula is C22H22N2O4. The number of hydrogen-bond acceptors (Lipinski definition) is 4. The lowest BCUT2D eigenvalue weighted by atomic mass is 10.2. The number of nitrogens with zero attached hydrogens (tertiary/aromatic N) is 1. The first-order valence-corrected chi connectivity index (χ1v) is 8.85. The zero-order valence-electron chi connectivity index (χ0n) is 16.1. The molecule has 28 heavy (non-hydrogen) atoms. The molecule has 1 aromatic heterocycles. The molecule has 1 heterocycles. The Morgan fingerprint density at radius 1 is 1.00 bits per heavy atom. The third-order valence-electron chi connectivity index (χ3n) is 4.38. The molecule has 6 heteroatoms. The highest BCUT2D eigenvalue weighted by atomic mass is 16.5. The molecule has 0 aliphatic rings. The number of ether oxygens (including phenoxy) is 2. The summed E-state index contributed by atoms with van der Waals surface area (Å²) in [5.74, 6) is -0.436. The highest BCUT2D eigenvalue weighted by Gasteiger charge is 2.19. The van der Waals surface area contributed by atoms with E-state index in [9.17, 15) is 9.59 Å². The van der Waals surface area contributed by atoms with E-state index in [1.54, 1.807) is 30.3 Å². The Balaban J connectivity index is 1.68. The molecule has 3 rings (SSSR count). The maximum Gasteiger partial charge on any atom is 0.340 e. The molecule has 2 aromatic carbocycles. The van der Waals surface area contributed by atoms with E-state index < -0.39 is 11.9 Å². The first-order valence-electron chi connectivity index (χ1n) is 8.85. The van der Waals surface area contributed by atoms with Crippen LogP contribution < -0.4 is 10.1 Å². The highest BCUT2D eigenvalue weighted by molar-refractivity contribution is 5.97. The Kier molecular flexibility index (Phi) is 5.79. The first kappa shape index (κ1) is 19.2. The molecule has 1 amide bonds. The predicted octanol–water partition coefficient (Wildman–Crippen LogP) is 3.90. The number of nitrogens with one attached hydrogen (secondary N) is 1. The summed E-state index contributed by atoms with van der Waals surface area (Å²) in [6.07, 6.45) is 0. The third kappa shape index (κ3) is 4.06. The number of aryl methyl sites for hydroxylation is 1. The smallest absolute Gasteiger partial charge is 0.340 e. The van der Waals surface area contributed by atoms with Gasteiger partial charge in [-0.3, -0.25) is 4.79 Å². The van der Waals surface area contributed by atoms with Gasteiger partial charge in [0.15, 0.2) is 6.61 Å². The third-order valence-corrected chi connectivity index (χ3v) is 4.38. The normalized spacial score (nSPS) is 10.4. The number of hydrogen-bond donors (Lipinski definition) is 1. The molecule has 144 valence electrons. The van der Waals surface area contributed by atoms with Gasteiger partial charge in [-0.05, 0) is 44.2 Å². The minimum atomic E-state index is -0.537. The molecule has 0 spiro atoms. The lowest BCUT2D eigenvalue weighted by molar-refractivity contribution is -0.119. The molecule has 0 atom stereocenters. The van der Waals surface area contributed by atoms with Crippen molar-refractivity contribution in [3.63, 3.8) is 0 Å². The van der Waals surface area contributed by atoms with Gasteiger partial charge >= 0.3 is 5.97 Å². The Hall–Kier alpha value is -3.54. The number of esters is 1. The molecule has 0 saturated heterocycles. The zero-order chi connectivity index (χ0) is 20.1. The Bertz CT molecular complexity index is 993. The summed E-state index contributed by atoms with van der Waals surface area (Å²) in [4.78, 5) is 24.6. The van der Waals surface area contributed by atoms with Crippen LogP contribution in [0.2, 0.25) is 0 Å². The quantitative estimate of drug-likeness (QED) is 0.661. The lowest BCUT2D eigenvalue weighted by Gasteiger charge is -2.11. The van der Waals surface area contributed by atoms with Crippen LogP contribution in [0.1, 0.15) is 21.7 Å². The van der Waals surface area contributed by atoms with Crippen LogP contribution in [0.4, 0.5) is 5.69 Å². The molecule has 3 aromatic rings. The largest absolute Gasteiger partial charge is 0.495 e. The zero-order valence-corrected chi connectivity index (χ0v) is 16.1. The number of carbonyl (C=O) groups excluding carboxylic acids is 2. The van der Waals surface area contributed by atoms with Gasteiger partial charge in [0, 0.05) is 17.1 Å². The Morgan fingerprint density at radius 2 is 1.68 bits per heavy atom. The van der Waals surface area contributed by atoms with Crippen molar-refractivity contribution in [3.8, 4) is 11.4 Å². The van der Waals surface area contributed by atoms with E-state index in [-0.39, 0.29) is 6.61 Å². The van der Waals surface area contributed by atoms with Crippen LogP contribution in [-0.2, 0) is 9.53 Å². The predicted molar refractivity (Wildman–Crippen MR) is 107 cm³/mol. The second kappa shape index (κ2) is 8.43. The van der Waals surface area contributed by atoms with E-state index in [4.69, 9.17) is 9.47 Å². The fraction of sp³-hybridized carbons (Fsp3) is 0.182. The van der Waals surface area contributed by atoms with Gasteiger partial charge < -0.3 is 19.4 Å². The number of para-hydroxylation sites is 3. The average molecular weight is 378 g/mol. The molecule has 0 bridgehead atoms. The van der Waals surface area contributed by atoms with Crippen LogP contribution in [0.5, 0.6) is 5.75 Å². The topological polar surface area (TPSA) is 69.6 Å². The van der Waals surface area contributed by atoms with Gasteiger partial charge in [0.05, 0.1) is 18.4 Å². The second-order valence-corrected chi connectivity index (χ2v) is 6.28. The molecular weight excluding hydrogens is 356 g/mol. The maximum absolute atomic E-state index is 12.5. The molecule has 0 unspecified atom stereocenters. The van der Waals surface area contributed by atoms with Crippen LogP contribution in [0.3, 0.4) is 0 Å². The number of methoxy groups -OCH3 is 1.